The van der Waals surface area contributed by atoms with Gasteiger partial charge in [-0.3, -0.25) is 4.99 Å². The van der Waals surface area contributed by atoms with Crippen LogP contribution < -0.4 is 10.6 Å². The standard InChI is InChI=1S/C15H25FN4O2S/c1-4-23(21,22)20(3)11-7-10-18-15(17-2)19-12-13-8-5-6-9-14(13)16/h5-6,8-9H,4,7,10-12H2,1-3H3,(H2,17,18,19). The van der Waals surface area contributed by atoms with Crippen molar-refractivity contribution in [3.05, 3.63) is 35.6 Å². The van der Waals surface area contributed by atoms with Crippen LogP contribution in [0.3, 0.4) is 0 Å². The number of halogens is 1. The largest absolute Gasteiger partial charge is 0.356 e. The van der Waals surface area contributed by atoms with E-state index in [1.165, 1.54) is 10.4 Å². The lowest BCUT2D eigenvalue weighted by Gasteiger charge is -2.17. The van der Waals surface area contributed by atoms with Gasteiger partial charge in [-0.25, -0.2) is 17.1 Å². The van der Waals surface area contributed by atoms with Crippen molar-refractivity contribution in [3.8, 4) is 0 Å². The Morgan fingerprint density at radius 2 is 2.00 bits per heavy atom. The van der Waals surface area contributed by atoms with Crippen LogP contribution in [0.25, 0.3) is 0 Å². The van der Waals surface area contributed by atoms with E-state index in [9.17, 15) is 12.8 Å². The molecule has 1 rings (SSSR count). The van der Waals surface area contributed by atoms with E-state index in [0.29, 0.717) is 37.6 Å². The maximum absolute atomic E-state index is 13.5. The molecule has 0 heterocycles. The second-order valence-corrected chi connectivity index (χ2v) is 7.38. The van der Waals surface area contributed by atoms with Crippen LogP contribution in [0.5, 0.6) is 0 Å². The van der Waals surface area contributed by atoms with E-state index in [1.54, 1.807) is 39.2 Å². The fourth-order valence-corrected chi connectivity index (χ4v) is 2.76. The number of benzene rings is 1. The molecular weight excluding hydrogens is 319 g/mol. The molecule has 0 bridgehead atoms. The molecule has 0 unspecified atom stereocenters. The van der Waals surface area contributed by atoms with Crippen LogP contribution in [0.15, 0.2) is 29.3 Å². The fraction of sp³-hybridized carbons (Fsp3) is 0.533. The number of aliphatic imine (C=N–C) groups is 1. The molecule has 0 aromatic heterocycles. The average Bonchev–Trinajstić information content (AvgIpc) is 2.55. The Morgan fingerprint density at radius 1 is 1.30 bits per heavy atom. The number of nitrogens with one attached hydrogen (secondary N) is 2. The average molecular weight is 344 g/mol. The van der Waals surface area contributed by atoms with Crippen molar-refractivity contribution in [2.75, 3.05) is 32.9 Å². The van der Waals surface area contributed by atoms with Crippen LogP contribution in [0.1, 0.15) is 18.9 Å². The number of hydrogen-bond donors (Lipinski definition) is 2. The minimum atomic E-state index is -3.14. The highest BCUT2D eigenvalue weighted by atomic mass is 32.2. The highest BCUT2D eigenvalue weighted by Gasteiger charge is 2.13. The summed E-state index contributed by atoms with van der Waals surface area (Å²) in [6.07, 6.45) is 0.649. The number of sulfonamides is 1. The molecular formula is C15H25FN4O2S. The monoisotopic (exact) mass is 344 g/mol. The molecule has 0 aliphatic heterocycles. The van der Waals surface area contributed by atoms with Gasteiger partial charge in [-0.1, -0.05) is 18.2 Å². The van der Waals surface area contributed by atoms with Crippen molar-refractivity contribution in [2.24, 2.45) is 4.99 Å². The summed E-state index contributed by atoms with van der Waals surface area (Å²) in [5.41, 5.74) is 0.559. The van der Waals surface area contributed by atoms with Gasteiger partial charge in [0, 0.05) is 39.3 Å². The van der Waals surface area contributed by atoms with Crippen LogP contribution >= 0.6 is 0 Å². The lowest BCUT2D eigenvalue weighted by atomic mass is 10.2. The lowest BCUT2D eigenvalue weighted by molar-refractivity contribution is 0.461. The third kappa shape index (κ3) is 6.54. The Morgan fingerprint density at radius 3 is 2.61 bits per heavy atom. The van der Waals surface area contributed by atoms with Gasteiger partial charge in [0.15, 0.2) is 5.96 Å². The van der Waals surface area contributed by atoms with Crippen molar-refractivity contribution in [1.82, 2.24) is 14.9 Å². The van der Waals surface area contributed by atoms with Crippen LogP contribution in [0.2, 0.25) is 0 Å². The topological polar surface area (TPSA) is 73.8 Å². The first-order valence-electron chi connectivity index (χ1n) is 7.52. The Balaban J connectivity index is 2.34. The fourth-order valence-electron chi connectivity index (χ4n) is 1.91. The summed E-state index contributed by atoms with van der Waals surface area (Å²) in [7, 11) is 0.0653. The predicted octanol–water partition coefficient (Wildman–Crippen LogP) is 1.16. The zero-order chi connectivity index (χ0) is 17.3. The van der Waals surface area contributed by atoms with Crippen LogP contribution in [0, 0.1) is 5.82 Å². The van der Waals surface area contributed by atoms with E-state index in [1.807, 2.05) is 0 Å². The van der Waals surface area contributed by atoms with Gasteiger partial charge in [-0.05, 0) is 19.4 Å². The Kier molecular flexibility index (Phi) is 7.97. The summed E-state index contributed by atoms with van der Waals surface area (Å²) in [5.74, 6) is 0.388. The van der Waals surface area contributed by atoms with E-state index in [0.717, 1.165) is 0 Å². The molecule has 0 amide bonds. The summed E-state index contributed by atoms with van der Waals surface area (Å²) in [4.78, 5) is 4.05. The van der Waals surface area contributed by atoms with Crippen LogP contribution in [-0.2, 0) is 16.6 Å². The van der Waals surface area contributed by atoms with Gasteiger partial charge in [0.25, 0.3) is 0 Å². The Hall–Kier alpha value is -1.67. The van der Waals surface area contributed by atoms with Gasteiger partial charge < -0.3 is 10.6 Å². The molecule has 0 aliphatic carbocycles. The predicted molar refractivity (Wildman–Crippen MR) is 91.3 cm³/mol. The van der Waals surface area contributed by atoms with E-state index in [4.69, 9.17) is 0 Å². The maximum Gasteiger partial charge on any atom is 0.213 e. The van der Waals surface area contributed by atoms with Crippen LogP contribution in [0.4, 0.5) is 4.39 Å². The molecule has 1 aromatic carbocycles. The molecule has 0 saturated carbocycles. The second kappa shape index (κ2) is 9.46. The molecule has 0 aliphatic rings. The molecule has 0 atom stereocenters. The molecule has 0 fully saturated rings. The van der Waals surface area contributed by atoms with E-state index in [2.05, 4.69) is 15.6 Å². The molecule has 8 heteroatoms. The molecule has 2 N–H and O–H groups in total. The quantitative estimate of drug-likeness (QED) is 0.422. The molecule has 0 saturated heterocycles. The third-order valence-corrected chi connectivity index (χ3v) is 5.27. The minimum absolute atomic E-state index is 0.1000. The maximum atomic E-state index is 13.5. The van der Waals surface area contributed by atoms with Crippen molar-refractivity contribution < 1.29 is 12.8 Å². The molecule has 1 aromatic rings. The third-order valence-electron chi connectivity index (χ3n) is 3.41. The summed E-state index contributed by atoms with van der Waals surface area (Å²) in [6, 6.07) is 6.55. The molecule has 23 heavy (non-hydrogen) atoms. The van der Waals surface area contributed by atoms with Crippen molar-refractivity contribution in [1.29, 1.82) is 0 Å². The first-order chi connectivity index (χ1) is 10.9. The van der Waals surface area contributed by atoms with Gasteiger partial charge in [0.2, 0.25) is 10.0 Å². The minimum Gasteiger partial charge on any atom is -0.356 e. The lowest BCUT2D eigenvalue weighted by Crippen LogP contribution is -2.38. The summed E-state index contributed by atoms with van der Waals surface area (Å²) < 4.78 is 38.1. The second-order valence-electron chi connectivity index (χ2n) is 5.02. The van der Waals surface area contributed by atoms with Gasteiger partial charge in [-0.15, -0.1) is 0 Å². The smallest absolute Gasteiger partial charge is 0.213 e. The van der Waals surface area contributed by atoms with Crippen molar-refractivity contribution >= 4 is 16.0 Å². The SMILES string of the molecule is CCS(=O)(=O)N(C)CCCNC(=NC)NCc1ccccc1F. The van der Waals surface area contributed by atoms with E-state index >= 15 is 0 Å². The number of guanidine groups is 1. The van der Waals surface area contributed by atoms with Gasteiger partial charge in [-0.2, -0.15) is 0 Å². The molecule has 0 spiro atoms. The zero-order valence-electron chi connectivity index (χ0n) is 13.8. The number of hydrogen-bond acceptors (Lipinski definition) is 3. The summed E-state index contributed by atoms with van der Waals surface area (Å²) >= 11 is 0. The van der Waals surface area contributed by atoms with Gasteiger partial charge in [0.1, 0.15) is 5.82 Å². The first kappa shape index (κ1) is 19.4. The van der Waals surface area contributed by atoms with Gasteiger partial charge >= 0.3 is 0 Å². The highest BCUT2D eigenvalue weighted by molar-refractivity contribution is 7.89. The number of nitrogens with zero attached hydrogens (tertiary/aromatic N) is 2. The van der Waals surface area contributed by atoms with Gasteiger partial charge in [0.05, 0.1) is 5.75 Å². The normalized spacial score (nSPS) is 12.5. The Bertz CT molecular complexity index is 620. The van der Waals surface area contributed by atoms with Crippen LogP contribution in [-0.4, -0.2) is 51.6 Å². The molecule has 0 radical (unpaired) electrons. The summed E-state index contributed by atoms with van der Waals surface area (Å²) in [5, 5.41) is 6.10. The molecule has 130 valence electrons. The van der Waals surface area contributed by atoms with Crippen molar-refractivity contribution in [3.63, 3.8) is 0 Å². The first-order valence-corrected chi connectivity index (χ1v) is 9.13. The Labute approximate surface area is 137 Å². The molecule has 6 nitrogen and oxygen atoms in total. The summed E-state index contributed by atoms with van der Waals surface area (Å²) in [6.45, 7) is 2.96. The van der Waals surface area contributed by atoms with E-state index < -0.39 is 10.0 Å². The number of rotatable bonds is 8. The highest BCUT2D eigenvalue weighted by Crippen LogP contribution is 2.05. The zero-order valence-corrected chi connectivity index (χ0v) is 14.7. The van der Waals surface area contributed by atoms with Crippen molar-refractivity contribution in [2.45, 2.75) is 19.9 Å². The van der Waals surface area contributed by atoms with E-state index in [-0.39, 0.29) is 11.6 Å².